The third-order valence-electron chi connectivity index (χ3n) is 6.98. The lowest BCUT2D eigenvalue weighted by Crippen LogP contribution is -2.27. The summed E-state index contributed by atoms with van der Waals surface area (Å²) in [5, 5.41) is 23.5. The van der Waals surface area contributed by atoms with Gasteiger partial charge in [-0.3, -0.25) is 0 Å². The van der Waals surface area contributed by atoms with E-state index in [-0.39, 0.29) is 0 Å². The summed E-state index contributed by atoms with van der Waals surface area (Å²) in [5.74, 6) is 0.883. The van der Waals surface area contributed by atoms with Gasteiger partial charge in [0.15, 0.2) is 5.82 Å². The summed E-state index contributed by atoms with van der Waals surface area (Å²) in [4.78, 5) is 4.27. The fraction of sp³-hybridized carbons (Fsp3) is 0.308. The zero-order chi connectivity index (χ0) is 23.1. The average molecular weight is 451 g/mol. The first-order valence-electron chi connectivity index (χ1n) is 11.8. The zero-order valence-corrected chi connectivity index (χ0v) is 18.9. The first-order chi connectivity index (χ1) is 16.7. The molecule has 8 nitrogen and oxygen atoms in total. The minimum absolute atomic E-state index is 0.419. The largest absolute Gasteiger partial charge is 0.382 e. The van der Waals surface area contributed by atoms with Gasteiger partial charge in [-0.1, -0.05) is 24.3 Å². The molecule has 6 rings (SSSR count). The van der Waals surface area contributed by atoms with Crippen LogP contribution in [0.1, 0.15) is 43.0 Å². The maximum atomic E-state index is 9.86. The van der Waals surface area contributed by atoms with Crippen LogP contribution in [0.2, 0.25) is 0 Å². The Labute approximate surface area is 197 Å². The van der Waals surface area contributed by atoms with E-state index >= 15 is 0 Å². The molecule has 0 saturated carbocycles. The molecule has 0 spiro atoms. The number of benzene rings is 1. The Balaban J connectivity index is 1.46. The van der Waals surface area contributed by atoms with Crippen molar-refractivity contribution in [3.05, 3.63) is 65.8 Å². The van der Waals surface area contributed by atoms with Crippen molar-refractivity contribution in [3.8, 4) is 17.2 Å². The number of aromatic nitrogens is 5. The minimum Gasteiger partial charge on any atom is -0.382 e. The lowest BCUT2D eigenvalue weighted by Gasteiger charge is -2.22. The van der Waals surface area contributed by atoms with Gasteiger partial charge in [0.05, 0.1) is 12.1 Å². The van der Waals surface area contributed by atoms with E-state index in [4.69, 9.17) is 10.8 Å². The maximum Gasteiger partial charge on any atom is 0.151 e. The van der Waals surface area contributed by atoms with E-state index in [0.717, 1.165) is 66.3 Å². The van der Waals surface area contributed by atoms with E-state index in [1.54, 1.807) is 0 Å². The standard InChI is InChI=1S/C26H26N8/c27-14-24-20-7-6-19(12-22(20)32-33(24)15-17-4-2-1-3-5-17)21-13-23(18-8-10-29-11-9-18)34-25(21)26(28)30-16-31-34/h1-2,4,6-7,12-13,16,18,29H,3,5,8-11,15H2,(H2,28,30,31). The lowest BCUT2D eigenvalue weighted by molar-refractivity contribution is 0.448. The number of nitrogens with one attached hydrogen (secondary N) is 1. The van der Waals surface area contributed by atoms with E-state index < -0.39 is 0 Å². The molecule has 1 aliphatic carbocycles. The van der Waals surface area contributed by atoms with Crippen LogP contribution in [0, 0.1) is 11.3 Å². The summed E-state index contributed by atoms with van der Waals surface area (Å²) in [5.41, 5.74) is 13.0. The van der Waals surface area contributed by atoms with Crippen molar-refractivity contribution < 1.29 is 0 Å². The van der Waals surface area contributed by atoms with E-state index in [1.165, 1.54) is 17.6 Å². The van der Waals surface area contributed by atoms with Crippen molar-refractivity contribution in [1.82, 2.24) is 29.7 Å². The minimum atomic E-state index is 0.419. The van der Waals surface area contributed by atoms with Crippen LogP contribution in [-0.4, -0.2) is 37.5 Å². The number of nitriles is 1. The van der Waals surface area contributed by atoms with Gasteiger partial charge in [0.25, 0.3) is 0 Å². The number of allylic oxidation sites excluding steroid dienone is 4. The summed E-state index contributed by atoms with van der Waals surface area (Å²) < 4.78 is 3.79. The molecule has 3 N–H and O–H groups in total. The van der Waals surface area contributed by atoms with Crippen LogP contribution in [0.25, 0.3) is 27.5 Å². The highest BCUT2D eigenvalue weighted by Crippen LogP contribution is 2.37. The molecule has 0 amide bonds. The molecule has 3 aromatic heterocycles. The Morgan fingerprint density at radius 1 is 1.21 bits per heavy atom. The number of nitrogen functional groups attached to an aromatic ring is 1. The highest BCUT2D eigenvalue weighted by atomic mass is 15.3. The Bertz CT molecular complexity index is 1490. The molecule has 34 heavy (non-hydrogen) atoms. The third-order valence-corrected chi connectivity index (χ3v) is 6.98. The number of piperidine rings is 1. The molecule has 2 aliphatic rings. The van der Waals surface area contributed by atoms with Crippen molar-refractivity contribution in [2.75, 3.05) is 18.8 Å². The summed E-state index contributed by atoms with van der Waals surface area (Å²) in [6, 6.07) is 10.7. The topological polar surface area (TPSA) is 110 Å². The van der Waals surface area contributed by atoms with Crippen molar-refractivity contribution in [2.24, 2.45) is 0 Å². The monoisotopic (exact) mass is 450 g/mol. The summed E-state index contributed by atoms with van der Waals surface area (Å²) in [7, 11) is 0. The number of nitrogens with zero attached hydrogens (tertiary/aromatic N) is 6. The molecular formula is C26H26N8. The van der Waals surface area contributed by atoms with E-state index in [1.807, 2.05) is 21.3 Å². The van der Waals surface area contributed by atoms with Crippen molar-refractivity contribution in [3.63, 3.8) is 0 Å². The predicted octanol–water partition coefficient (Wildman–Crippen LogP) is 3.94. The Morgan fingerprint density at radius 2 is 2.09 bits per heavy atom. The lowest BCUT2D eigenvalue weighted by atomic mass is 9.94. The second kappa shape index (κ2) is 8.43. The molecule has 8 heteroatoms. The van der Waals surface area contributed by atoms with Gasteiger partial charge >= 0.3 is 0 Å². The molecule has 0 atom stereocenters. The number of nitrogens with two attached hydrogens (primary N) is 1. The number of rotatable bonds is 4. The third kappa shape index (κ3) is 3.45. The first kappa shape index (κ1) is 20.6. The first-order valence-corrected chi connectivity index (χ1v) is 11.8. The summed E-state index contributed by atoms with van der Waals surface area (Å²) in [6.07, 6.45) is 12.1. The van der Waals surface area contributed by atoms with Crippen LogP contribution in [0.3, 0.4) is 0 Å². The molecule has 1 aliphatic heterocycles. The van der Waals surface area contributed by atoms with Crippen LogP contribution in [0.5, 0.6) is 0 Å². The molecule has 4 heterocycles. The van der Waals surface area contributed by atoms with Gasteiger partial charge in [0.1, 0.15) is 23.6 Å². The van der Waals surface area contributed by atoms with Crippen LogP contribution in [-0.2, 0) is 6.54 Å². The van der Waals surface area contributed by atoms with Crippen LogP contribution >= 0.6 is 0 Å². The Hall–Kier alpha value is -3.96. The molecule has 0 radical (unpaired) electrons. The van der Waals surface area contributed by atoms with E-state index in [9.17, 15) is 5.26 Å². The van der Waals surface area contributed by atoms with Gasteiger partial charge in [0, 0.05) is 22.6 Å². The van der Waals surface area contributed by atoms with Gasteiger partial charge in [-0.15, -0.1) is 0 Å². The molecule has 1 saturated heterocycles. The maximum absolute atomic E-state index is 9.86. The van der Waals surface area contributed by atoms with Gasteiger partial charge in [0.2, 0.25) is 0 Å². The molecule has 1 aromatic carbocycles. The van der Waals surface area contributed by atoms with E-state index in [2.05, 4.69) is 51.8 Å². The summed E-state index contributed by atoms with van der Waals surface area (Å²) >= 11 is 0. The quantitative estimate of drug-likeness (QED) is 0.487. The van der Waals surface area contributed by atoms with Gasteiger partial charge in [-0.2, -0.15) is 15.5 Å². The number of hydrogen-bond donors (Lipinski definition) is 2. The number of anilines is 1. The molecule has 0 bridgehead atoms. The smallest absolute Gasteiger partial charge is 0.151 e. The van der Waals surface area contributed by atoms with Gasteiger partial charge in [-0.05, 0) is 68.1 Å². The van der Waals surface area contributed by atoms with Crippen molar-refractivity contribution >= 4 is 22.2 Å². The molecule has 170 valence electrons. The van der Waals surface area contributed by atoms with Crippen LogP contribution < -0.4 is 11.1 Å². The molecule has 4 aromatic rings. The number of hydrogen-bond acceptors (Lipinski definition) is 6. The fourth-order valence-corrected chi connectivity index (χ4v) is 5.23. The average Bonchev–Trinajstić information content (AvgIpc) is 3.43. The van der Waals surface area contributed by atoms with Gasteiger partial charge < -0.3 is 11.1 Å². The molecule has 0 unspecified atom stereocenters. The van der Waals surface area contributed by atoms with Crippen LogP contribution in [0.4, 0.5) is 5.82 Å². The molecule has 1 fully saturated rings. The highest BCUT2D eigenvalue weighted by molar-refractivity contribution is 5.94. The van der Waals surface area contributed by atoms with Crippen LogP contribution in [0.15, 0.2) is 54.4 Å². The van der Waals surface area contributed by atoms with Crippen molar-refractivity contribution in [1.29, 1.82) is 5.26 Å². The second-order valence-electron chi connectivity index (χ2n) is 9.05. The SMILES string of the molecule is N#Cc1c2ccc(-c3cc(C4CCNCC4)n4ncnc(N)c34)cc2nn1CC1=CC=CCC1. The second-order valence-corrected chi connectivity index (χ2v) is 9.05. The fourth-order valence-electron chi connectivity index (χ4n) is 5.23. The Morgan fingerprint density at radius 3 is 2.88 bits per heavy atom. The predicted molar refractivity (Wildman–Crippen MR) is 132 cm³/mol. The van der Waals surface area contributed by atoms with E-state index in [0.29, 0.717) is 24.0 Å². The molecular weight excluding hydrogens is 424 g/mol. The highest BCUT2D eigenvalue weighted by Gasteiger charge is 2.23. The van der Waals surface area contributed by atoms with Gasteiger partial charge in [-0.25, -0.2) is 14.2 Å². The van der Waals surface area contributed by atoms with Crippen molar-refractivity contribution in [2.45, 2.75) is 38.1 Å². The zero-order valence-electron chi connectivity index (χ0n) is 18.9. The summed E-state index contributed by atoms with van der Waals surface area (Å²) in [6.45, 7) is 2.63. The normalized spacial score (nSPS) is 16.7. The number of fused-ring (bicyclic) bond motifs is 2. The Kier molecular flexibility index (Phi) is 5.12.